The number of amides is 1. The molecule has 2 heterocycles. The number of hydrogen-bond donors (Lipinski definition) is 2. The van der Waals surface area contributed by atoms with Crippen molar-refractivity contribution in [3.63, 3.8) is 0 Å². The highest BCUT2D eigenvalue weighted by Gasteiger charge is 2.36. The lowest BCUT2D eigenvalue weighted by Crippen LogP contribution is -2.30. The molecule has 8 heteroatoms. The lowest BCUT2D eigenvalue weighted by molar-refractivity contribution is 0.0984. The molecule has 0 radical (unpaired) electrons. The van der Waals surface area contributed by atoms with Crippen molar-refractivity contribution in [2.45, 2.75) is 12.8 Å². The Morgan fingerprint density at radius 1 is 1.15 bits per heavy atom. The van der Waals surface area contributed by atoms with E-state index in [0.717, 1.165) is 27.3 Å². The minimum absolute atomic E-state index is 0.0519. The molecule has 1 atom stereocenters. The Morgan fingerprint density at radius 3 is 2.59 bits per heavy atom. The third kappa shape index (κ3) is 3.15. The van der Waals surface area contributed by atoms with Crippen LogP contribution in [-0.4, -0.2) is 49.8 Å². The van der Waals surface area contributed by atoms with Crippen LogP contribution in [0.1, 0.15) is 27.5 Å². The molecule has 0 bridgehead atoms. The topological polar surface area (TPSA) is 84.0 Å². The second-order valence-corrected chi connectivity index (χ2v) is 8.69. The zero-order chi connectivity index (χ0) is 24.1. The summed E-state index contributed by atoms with van der Waals surface area (Å²) in [6.07, 6.45) is 0. The van der Waals surface area contributed by atoms with Crippen molar-refractivity contribution in [2.24, 2.45) is 0 Å². The van der Waals surface area contributed by atoms with Gasteiger partial charge in [0.15, 0.2) is 11.5 Å². The number of H-pyrrole nitrogens is 1. The summed E-state index contributed by atoms with van der Waals surface area (Å²) in [5, 5.41) is 13.2. The number of anilines is 1. The molecule has 1 aromatic heterocycles. The van der Waals surface area contributed by atoms with Gasteiger partial charge in [0.2, 0.25) is 5.75 Å². The maximum absolute atomic E-state index is 13.7. The number of phenolic OH excluding ortho intramolecular Hbond substituents is 1. The summed E-state index contributed by atoms with van der Waals surface area (Å²) in [5.41, 5.74) is 3.72. The summed E-state index contributed by atoms with van der Waals surface area (Å²) in [4.78, 5) is 18.6. The molecule has 1 amide bonds. The number of aromatic hydroxyl groups is 1. The van der Waals surface area contributed by atoms with E-state index >= 15 is 0 Å². The van der Waals surface area contributed by atoms with E-state index in [2.05, 4.69) is 4.98 Å². The van der Waals surface area contributed by atoms with Crippen LogP contribution in [-0.2, 0) is 0 Å². The first kappa shape index (κ1) is 22.2. The molecule has 3 aromatic carbocycles. The average molecular weight is 481 g/mol. The molecule has 34 heavy (non-hydrogen) atoms. The molecule has 7 nitrogen and oxygen atoms in total. The zero-order valence-electron chi connectivity index (χ0n) is 19.4. The van der Waals surface area contributed by atoms with Gasteiger partial charge >= 0.3 is 0 Å². The molecule has 176 valence electrons. The first-order valence-corrected chi connectivity index (χ1v) is 11.4. The molecule has 2 N–H and O–H groups in total. The molecule has 0 saturated carbocycles. The molecule has 1 aliphatic heterocycles. The number of methoxy groups -OCH3 is 3. The fourth-order valence-electron chi connectivity index (χ4n) is 5.02. The maximum Gasteiger partial charge on any atom is 0.274 e. The molecular formula is C26H25ClN2O5. The van der Waals surface area contributed by atoms with Gasteiger partial charge in [-0.2, -0.15) is 0 Å². The van der Waals surface area contributed by atoms with Gasteiger partial charge in [0.05, 0.1) is 32.5 Å². The fraction of sp³-hybridized carbons (Fsp3) is 0.269. The van der Waals surface area contributed by atoms with Crippen molar-refractivity contribution in [3.8, 4) is 23.0 Å². The van der Waals surface area contributed by atoms with E-state index in [1.807, 2.05) is 25.1 Å². The number of carbonyl (C=O) groups is 1. The third-order valence-corrected chi connectivity index (χ3v) is 6.92. The van der Waals surface area contributed by atoms with Gasteiger partial charge in [0.1, 0.15) is 11.4 Å². The van der Waals surface area contributed by atoms with Crippen LogP contribution in [0.3, 0.4) is 0 Å². The minimum Gasteiger partial charge on any atom is -0.507 e. The first-order chi connectivity index (χ1) is 16.4. The smallest absolute Gasteiger partial charge is 0.274 e. The Bertz CT molecular complexity index is 1440. The fourth-order valence-corrected chi connectivity index (χ4v) is 5.27. The van der Waals surface area contributed by atoms with Crippen LogP contribution in [0.25, 0.3) is 21.7 Å². The van der Waals surface area contributed by atoms with Crippen LogP contribution in [0.5, 0.6) is 23.0 Å². The highest BCUT2D eigenvalue weighted by molar-refractivity contribution is 6.19. The van der Waals surface area contributed by atoms with Gasteiger partial charge in [0, 0.05) is 35.2 Å². The second kappa shape index (κ2) is 8.33. The molecule has 5 rings (SSSR count). The second-order valence-electron chi connectivity index (χ2n) is 8.39. The number of aromatic nitrogens is 1. The number of hydrogen-bond acceptors (Lipinski definition) is 5. The lowest BCUT2D eigenvalue weighted by Gasteiger charge is -2.18. The van der Waals surface area contributed by atoms with E-state index in [9.17, 15) is 9.90 Å². The molecule has 0 saturated heterocycles. The monoisotopic (exact) mass is 480 g/mol. The lowest BCUT2D eigenvalue weighted by atomic mass is 9.92. The molecule has 1 unspecified atom stereocenters. The summed E-state index contributed by atoms with van der Waals surface area (Å²) in [7, 11) is 4.62. The number of ether oxygens (including phenoxy) is 3. The zero-order valence-corrected chi connectivity index (χ0v) is 20.1. The number of phenols is 1. The van der Waals surface area contributed by atoms with Crippen molar-refractivity contribution in [1.82, 2.24) is 4.98 Å². The summed E-state index contributed by atoms with van der Waals surface area (Å²) in [6, 6.07) is 11.0. The standard InChI is InChI=1S/C26H25ClN2O5/c1-13-6-5-7-16-19(30)10-18-22(21(13)16)15(11-27)12-29(18)26(31)17-8-14-9-20(32-2)24(33-3)25(34-4)23(14)28-17/h5-10,15,28,30H,11-12H2,1-4H3. The molecule has 0 aliphatic carbocycles. The van der Waals surface area contributed by atoms with Crippen LogP contribution >= 0.6 is 11.6 Å². The summed E-state index contributed by atoms with van der Waals surface area (Å²) < 4.78 is 16.5. The van der Waals surface area contributed by atoms with Crippen molar-refractivity contribution < 1.29 is 24.1 Å². The van der Waals surface area contributed by atoms with E-state index in [1.54, 1.807) is 30.2 Å². The average Bonchev–Trinajstić information content (AvgIpc) is 3.43. The number of aryl methyl sites for hydroxylation is 1. The van der Waals surface area contributed by atoms with Crippen LogP contribution in [0, 0.1) is 6.92 Å². The Balaban J connectivity index is 1.66. The van der Waals surface area contributed by atoms with E-state index in [-0.39, 0.29) is 17.6 Å². The number of carbonyl (C=O) groups excluding carboxylic acids is 1. The van der Waals surface area contributed by atoms with E-state index < -0.39 is 0 Å². The summed E-state index contributed by atoms with van der Waals surface area (Å²) >= 11 is 6.36. The van der Waals surface area contributed by atoms with Crippen molar-refractivity contribution in [2.75, 3.05) is 38.7 Å². The van der Waals surface area contributed by atoms with Crippen molar-refractivity contribution in [3.05, 3.63) is 53.2 Å². The Kier molecular flexibility index (Phi) is 5.44. The highest BCUT2D eigenvalue weighted by atomic mass is 35.5. The molecular weight excluding hydrogens is 456 g/mol. The van der Waals surface area contributed by atoms with Gasteiger partial charge in [-0.3, -0.25) is 4.79 Å². The Hall–Kier alpha value is -3.58. The van der Waals surface area contributed by atoms with Crippen LogP contribution < -0.4 is 19.1 Å². The molecule has 0 spiro atoms. The SMILES string of the molecule is COc1cc2cc(C(=O)N3CC(CCl)c4c3cc(O)c3cccc(C)c43)[nH]c2c(OC)c1OC. The van der Waals surface area contributed by atoms with Crippen LogP contribution in [0.2, 0.25) is 0 Å². The van der Waals surface area contributed by atoms with E-state index in [4.69, 9.17) is 25.8 Å². The van der Waals surface area contributed by atoms with Crippen LogP contribution in [0.4, 0.5) is 5.69 Å². The maximum atomic E-state index is 13.7. The number of alkyl halides is 1. The third-order valence-electron chi connectivity index (χ3n) is 6.55. The van der Waals surface area contributed by atoms with Gasteiger partial charge in [-0.25, -0.2) is 0 Å². The van der Waals surface area contributed by atoms with Gasteiger partial charge < -0.3 is 29.2 Å². The quantitative estimate of drug-likeness (QED) is 0.376. The van der Waals surface area contributed by atoms with Gasteiger partial charge in [-0.05, 0) is 35.6 Å². The molecule has 0 fully saturated rings. The number of nitrogens with zero attached hydrogens (tertiary/aromatic N) is 1. The van der Waals surface area contributed by atoms with Gasteiger partial charge in [-0.1, -0.05) is 18.2 Å². The van der Waals surface area contributed by atoms with Gasteiger partial charge in [-0.15, -0.1) is 11.6 Å². The summed E-state index contributed by atoms with van der Waals surface area (Å²) in [6.45, 7) is 2.42. The van der Waals surface area contributed by atoms with Crippen LogP contribution in [0.15, 0.2) is 36.4 Å². The number of benzene rings is 3. The molecule has 4 aromatic rings. The Labute approximate surface area is 201 Å². The normalized spacial score (nSPS) is 15.1. The number of nitrogens with one attached hydrogen (secondary N) is 1. The van der Waals surface area contributed by atoms with Crippen molar-refractivity contribution >= 4 is 44.9 Å². The van der Waals surface area contributed by atoms with E-state index in [1.165, 1.54) is 14.2 Å². The number of rotatable bonds is 5. The molecule has 1 aliphatic rings. The Morgan fingerprint density at radius 2 is 1.91 bits per heavy atom. The minimum atomic E-state index is -0.225. The number of aromatic amines is 1. The van der Waals surface area contributed by atoms with Crippen molar-refractivity contribution in [1.29, 1.82) is 0 Å². The predicted molar refractivity (Wildman–Crippen MR) is 133 cm³/mol. The number of fused-ring (bicyclic) bond motifs is 4. The highest BCUT2D eigenvalue weighted by Crippen LogP contribution is 2.47. The summed E-state index contributed by atoms with van der Waals surface area (Å²) in [5.74, 6) is 1.62. The van der Waals surface area contributed by atoms with Gasteiger partial charge in [0.25, 0.3) is 5.91 Å². The van der Waals surface area contributed by atoms with E-state index in [0.29, 0.717) is 46.6 Å². The first-order valence-electron chi connectivity index (χ1n) is 10.9. The number of halogens is 1. The predicted octanol–water partition coefficient (Wildman–Crippen LogP) is 5.34. The largest absolute Gasteiger partial charge is 0.507 e.